The summed E-state index contributed by atoms with van der Waals surface area (Å²) in [6.07, 6.45) is 5.89. The van der Waals surface area contributed by atoms with Crippen molar-refractivity contribution in [3.8, 4) is 0 Å². The molecule has 2 rings (SSSR count). The number of amides is 2. The van der Waals surface area contributed by atoms with Crippen LogP contribution in [0.2, 0.25) is 0 Å². The number of aliphatic hydroxyl groups is 1. The van der Waals surface area contributed by atoms with E-state index in [1.165, 1.54) is 11.3 Å². The average molecular weight is 266 g/mol. The van der Waals surface area contributed by atoms with Gasteiger partial charge in [-0.25, -0.2) is 4.79 Å². The molecule has 18 heavy (non-hydrogen) atoms. The average Bonchev–Trinajstić information content (AvgIpc) is 2.99. The molecule has 1 aromatic rings. The van der Waals surface area contributed by atoms with Gasteiger partial charge in [-0.2, -0.15) is 0 Å². The molecule has 1 aromatic heterocycles. The Labute approximate surface area is 111 Å². The van der Waals surface area contributed by atoms with E-state index in [1.807, 2.05) is 17.5 Å². The first-order valence-electron chi connectivity index (χ1n) is 6.04. The molecule has 5 heteroatoms. The second-order valence-corrected chi connectivity index (χ2v) is 5.67. The Morgan fingerprint density at radius 2 is 2.28 bits per heavy atom. The maximum Gasteiger partial charge on any atom is 0.315 e. The van der Waals surface area contributed by atoms with Crippen LogP contribution in [-0.4, -0.2) is 23.7 Å². The van der Waals surface area contributed by atoms with Gasteiger partial charge in [0.15, 0.2) is 0 Å². The van der Waals surface area contributed by atoms with Gasteiger partial charge in [0.2, 0.25) is 0 Å². The summed E-state index contributed by atoms with van der Waals surface area (Å²) in [6.45, 7) is 1.91. The van der Waals surface area contributed by atoms with Crippen LogP contribution in [0.4, 0.5) is 4.79 Å². The second-order valence-electron chi connectivity index (χ2n) is 4.72. The van der Waals surface area contributed by atoms with Crippen molar-refractivity contribution >= 4 is 17.4 Å². The molecule has 1 aliphatic rings. The number of hydrogen-bond donors (Lipinski definition) is 3. The van der Waals surface area contributed by atoms with Gasteiger partial charge in [-0.3, -0.25) is 0 Å². The van der Waals surface area contributed by atoms with Crippen molar-refractivity contribution in [2.45, 2.75) is 31.4 Å². The van der Waals surface area contributed by atoms with Gasteiger partial charge in [-0.15, -0.1) is 11.3 Å². The van der Waals surface area contributed by atoms with E-state index >= 15 is 0 Å². The number of rotatable bonds is 4. The Hall–Kier alpha value is -1.33. The van der Waals surface area contributed by atoms with Crippen LogP contribution in [0.3, 0.4) is 0 Å². The Balaban J connectivity index is 1.78. The molecule has 0 radical (unpaired) electrons. The molecule has 98 valence electrons. The van der Waals surface area contributed by atoms with Crippen molar-refractivity contribution in [2.75, 3.05) is 6.54 Å². The Bertz CT molecular complexity index is 418. The first kappa shape index (κ1) is 13.1. The molecular formula is C13H18N2O2S. The summed E-state index contributed by atoms with van der Waals surface area (Å²) in [5, 5.41) is 17.7. The Kier molecular flexibility index (Phi) is 4.04. The largest absolute Gasteiger partial charge is 0.383 e. The summed E-state index contributed by atoms with van der Waals surface area (Å²) in [5.74, 6) is 0. The SMILES string of the molecule is CC(O)(CNC(=O)NC1CC=CC1)c1cccs1. The summed E-state index contributed by atoms with van der Waals surface area (Å²) in [7, 11) is 0. The molecule has 0 aliphatic heterocycles. The molecule has 0 saturated carbocycles. The van der Waals surface area contributed by atoms with Crippen LogP contribution in [0.15, 0.2) is 29.7 Å². The fraction of sp³-hybridized carbons (Fsp3) is 0.462. The lowest BCUT2D eigenvalue weighted by molar-refractivity contribution is 0.0630. The highest BCUT2D eigenvalue weighted by Crippen LogP contribution is 2.24. The quantitative estimate of drug-likeness (QED) is 0.730. The van der Waals surface area contributed by atoms with Gasteiger partial charge < -0.3 is 15.7 Å². The van der Waals surface area contributed by atoms with Gasteiger partial charge in [0.1, 0.15) is 5.60 Å². The van der Waals surface area contributed by atoms with E-state index in [-0.39, 0.29) is 18.6 Å². The zero-order valence-electron chi connectivity index (χ0n) is 10.3. The minimum atomic E-state index is -1.01. The summed E-state index contributed by atoms with van der Waals surface area (Å²) in [6, 6.07) is 3.72. The number of nitrogens with one attached hydrogen (secondary N) is 2. The highest BCUT2D eigenvalue weighted by atomic mass is 32.1. The fourth-order valence-electron chi connectivity index (χ4n) is 1.90. The normalized spacial score (nSPS) is 18.6. The molecule has 0 aromatic carbocycles. The van der Waals surface area contributed by atoms with E-state index in [4.69, 9.17) is 0 Å². The summed E-state index contributed by atoms with van der Waals surface area (Å²) >= 11 is 1.48. The monoisotopic (exact) mass is 266 g/mol. The van der Waals surface area contributed by atoms with E-state index in [0.717, 1.165) is 17.7 Å². The van der Waals surface area contributed by atoms with Gasteiger partial charge in [0, 0.05) is 10.9 Å². The minimum Gasteiger partial charge on any atom is -0.383 e. The summed E-state index contributed by atoms with van der Waals surface area (Å²) in [4.78, 5) is 12.5. The van der Waals surface area contributed by atoms with Crippen molar-refractivity contribution in [1.29, 1.82) is 0 Å². The molecule has 1 aliphatic carbocycles. The number of thiophene rings is 1. The number of carbonyl (C=O) groups is 1. The fourth-order valence-corrected chi connectivity index (χ4v) is 2.68. The predicted molar refractivity (Wildman–Crippen MR) is 72.6 cm³/mol. The van der Waals surface area contributed by atoms with Crippen molar-refractivity contribution in [3.63, 3.8) is 0 Å². The van der Waals surface area contributed by atoms with Crippen LogP contribution >= 0.6 is 11.3 Å². The topological polar surface area (TPSA) is 61.4 Å². The van der Waals surface area contributed by atoms with E-state index in [1.54, 1.807) is 6.92 Å². The smallest absolute Gasteiger partial charge is 0.315 e. The van der Waals surface area contributed by atoms with Gasteiger partial charge in [0.05, 0.1) is 6.54 Å². The van der Waals surface area contributed by atoms with E-state index < -0.39 is 5.60 Å². The highest BCUT2D eigenvalue weighted by Gasteiger charge is 2.25. The third-order valence-electron chi connectivity index (χ3n) is 2.99. The number of hydrogen-bond acceptors (Lipinski definition) is 3. The molecule has 1 unspecified atom stereocenters. The predicted octanol–water partition coefficient (Wildman–Crippen LogP) is 1.97. The lowest BCUT2D eigenvalue weighted by Gasteiger charge is -2.23. The molecule has 3 N–H and O–H groups in total. The van der Waals surface area contributed by atoms with Crippen molar-refractivity contribution in [2.24, 2.45) is 0 Å². The van der Waals surface area contributed by atoms with Crippen LogP contribution < -0.4 is 10.6 Å². The third-order valence-corrected chi connectivity index (χ3v) is 4.11. The molecular weight excluding hydrogens is 248 g/mol. The first-order valence-corrected chi connectivity index (χ1v) is 6.91. The maximum atomic E-state index is 11.7. The van der Waals surface area contributed by atoms with Crippen LogP contribution in [0.1, 0.15) is 24.6 Å². The van der Waals surface area contributed by atoms with E-state index in [9.17, 15) is 9.90 Å². The van der Waals surface area contributed by atoms with Gasteiger partial charge >= 0.3 is 6.03 Å². The lowest BCUT2D eigenvalue weighted by atomic mass is 10.1. The maximum absolute atomic E-state index is 11.7. The van der Waals surface area contributed by atoms with Crippen molar-refractivity contribution in [3.05, 3.63) is 34.5 Å². The van der Waals surface area contributed by atoms with Crippen molar-refractivity contribution in [1.82, 2.24) is 10.6 Å². The van der Waals surface area contributed by atoms with Crippen LogP contribution in [-0.2, 0) is 5.60 Å². The third kappa shape index (κ3) is 3.34. The van der Waals surface area contributed by atoms with Crippen LogP contribution in [0.5, 0.6) is 0 Å². The molecule has 1 heterocycles. The van der Waals surface area contributed by atoms with Crippen LogP contribution in [0.25, 0.3) is 0 Å². The molecule has 1 atom stereocenters. The van der Waals surface area contributed by atoms with Gasteiger partial charge in [-0.1, -0.05) is 18.2 Å². The van der Waals surface area contributed by atoms with Crippen LogP contribution in [0, 0.1) is 0 Å². The standard InChI is InChI=1S/C13H18N2O2S/c1-13(17,11-7-4-8-18-11)9-14-12(16)15-10-5-2-3-6-10/h2-4,7-8,10,17H,5-6,9H2,1H3,(H2,14,15,16). The van der Waals surface area contributed by atoms with Gasteiger partial charge in [-0.05, 0) is 31.2 Å². The minimum absolute atomic E-state index is 0.191. The second kappa shape index (κ2) is 5.54. The zero-order valence-corrected chi connectivity index (χ0v) is 11.2. The molecule has 2 amide bonds. The molecule has 0 bridgehead atoms. The number of carbonyl (C=O) groups excluding carboxylic acids is 1. The van der Waals surface area contributed by atoms with Gasteiger partial charge in [0.25, 0.3) is 0 Å². The van der Waals surface area contributed by atoms with E-state index in [2.05, 4.69) is 22.8 Å². The molecule has 0 spiro atoms. The van der Waals surface area contributed by atoms with E-state index in [0.29, 0.717) is 0 Å². The summed E-state index contributed by atoms with van der Waals surface area (Å²) in [5.41, 5.74) is -1.01. The molecule has 0 fully saturated rings. The molecule has 0 saturated heterocycles. The zero-order chi connectivity index (χ0) is 13.0. The Morgan fingerprint density at radius 1 is 1.56 bits per heavy atom. The summed E-state index contributed by atoms with van der Waals surface area (Å²) < 4.78 is 0. The molecule has 4 nitrogen and oxygen atoms in total. The first-order chi connectivity index (χ1) is 8.58. The highest BCUT2D eigenvalue weighted by molar-refractivity contribution is 7.10. The lowest BCUT2D eigenvalue weighted by Crippen LogP contribution is -2.46. The van der Waals surface area contributed by atoms with Crippen molar-refractivity contribution < 1.29 is 9.90 Å². The number of urea groups is 1. The Morgan fingerprint density at radius 3 is 2.89 bits per heavy atom.